The van der Waals surface area contributed by atoms with Crippen molar-refractivity contribution in [3.05, 3.63) is 93.8 Å². The van der Waals surface area contributed by atoms with Gasteiger partial charge in [-0.05, 0) is 92.6 Å². The maximum atomic E-state index is 13.6. The molecule has 5 fully saturated rings. The van der Waals surface area contributed by atoms with Crippen LogP contribution in [0.5, 0.6) is 0 Å². The van der Waals surface area contributed by atoms with E-state index in [1.54, 1.807) is 18.2 Å². The van der Waals surface area contributed by atoms with Gasteiger partial charge in [-0.25, -0.2) is 4.85 Å². The Balaban J connectivity index is 0.741. The van der Waals surface area contributed by atoms with Crippen LogP contribution in [0.15, 0.2) is 60.7 Å². The molecule has 57 heavy (non-hydrogen) atoms. The predicted molar refractivity (Wildman–Crippen MR) is 216 cm³/mol. The Kier molecular flexibility index (Phi) is 9.44. The first kappa shape index (κ1) is 37.1. The number of amides is 5. The summed E-state index contributed by atoms with van der Waals surface area (Å²) in [5, 5.41) is 2.73. The number of carbonyl (C=O) groups excluding carboxylic acids is 5. The minimum Gasteiger partial charge on any atom is -0.369 e. The fraction of sp³-hybridized carbons (Fsp3) is 0.442. The van der Waals surface area contributed by atoms with Gasteiger partial charge in [0.15, 0.2) is 0 Å². The van der Waals surface area contributed by atoms with E-state index in [0.717, 1.165) is 106 Å². The second-order valence-electron chi connectivity index (χ2n) is 16.5. The van der Waals surface area contributed by atoms with E-state index in [4.69, 9.17) is 18.2 Å². The Morgan fingerprint density at radius 2 is 1.51 bits per heavy atom. The van der Waals surface area contributed by atoms with E-state index in [-0.39, 0.29) is 24.2 Å². The van der Waals surface area contributed by atoms with Crippen molar-refractivity contribution in [2.24, 2.45) is 5.41 Å². The molecule has 6 aliphatic heterocycles. The molecule has 3 aromatic carbocycles. The first-order chi connectivity index (χ1) is 27.5. The Bertz CT molecular complexity index is 2200. The van der Waals surface area contributed by atoms with Gasteiger partial charge in [-0.15, -0.1) is 0 Å². The lowest BCUT2D eigenvalue weighted by molar-refractivity contribution is -0.136. The number of halogens is 1. The summed E-state index contributed by atoms with van der Waals surface area (Å²) in [5.74, 6) is -1.89. The number of piperazine rings is 1. The van der Waals surface area contributed by atoms with Crippen LogP contribution in [0.25, 0.3) is 4.85 Å². The molecule has 6 aliphatic rings. The standard InChI is InChI=1S/C43H45ClN8O5/c1-27-23-43(26-51(27)31-8-10-36(45-2)35(44)22-31)13-15-49(16-14-43)40(55)28-3-5-29(6-4-28)47-17-19-48(20-18-47)32-24-50(25-32)30-7-9-33-34(21-30)42(57)52(41(33)56)37-11-12-38(53)46-39(37)54/h3-10,21-22,27,32,37H,11-20,23-26H2,1H3,(H,46,53,54). The second kappa shape index (κ2) is 14.5. The molecule has 0 aliphatic carbocycles. The zero-order valence-electron chi connectivity index (χ0n) is 32.0. The van der Waals surface area contributed by atoms with E-state index >= 15 is 0 Å². The molecular weight excluding hydrogens is 744 g/mol. The van der Waals surface area contributed by atoms with Crippen LogP contribution in [-0.2, 0) is 9.59 Å². The summed E-state index contributed by atoms with van der Waals surface area (Å²) < 4.78 is 0. The largest absolute Gasteiger partial charge is 0.369 e. The summed E-state index contributed by atoms with van der Waals surface area (Å²) in [6.07, 6.45) is 3.23. The zero-order chi connectivity index (χ0) is 39.6. The van der Waals surface area contributed by atoms with E-state index in [0.29, 0.717) is 33.9 Å². The minimum atomic E-state index is -0.974. The average Bonchev–Trinajstić information content (AvgIpc) is 3.65. The Hall–Kier alpha value is -5.45. The molecular formula is C43H45ClN8O5. The Labute approximate surface area is 336 Å². The van der Waals surface area contributed by atoms with Gasteiger partial charge in [-0.1, -0.05) is 17.7 Å². The van der Waals surface area contributed by atoms with Crippen LogP contribution in [0.2, 0.25) is 5.02 Å². The van der Waals surface area contributed by atoms with Crippen molar-refractivity contribution in [1.82, 2.24) is 20.0 Å². The highest BCUT2D eigenvalue weighted by molar-refractivity contribution is 6.33. The van der Waals surface area contributed by atoms with Crippen LogP contribution >= 0.6 is 11.6 Å². The lowest BCUT2D eigenvalue weighted by atomic mass is 9.76. The molecule has 0 radical (unpaired) electrons. The minimum absolute atomic E-state index is 0.0890. The topological polar surface area (TPSA) is 121 Å². The van der Waals surface area contributed by atoms with Crippen molar-refractivity contribution >= 4 is 63.9 Å². The monoisotopic (exact) mass is 788 g/mol. The SMILES string of the molecule is [C-]#[N+]c1ccc(N2CC3(CCN(C(=O)c4ccc(N5CCN(C6CN(c7ccc8c(c7)C(=O)N(C7CCC(=O)NC7=O)C8=O)C6)CC5)cc4)CC3)CC2C)cc1Cl. The van der Waals surface area contributed by atoms with Gasteiger partial charge in [-0.3, -0.25) is 39.1 Å². The highest BCUT2D eigenvalue weighted by Gasteiger charge is 2.46. The highest BCUT2D eigenvalue weighted by atomic mass is 35.5. The number of fused-ring (bicyclic) bond motifs is 1. The molecule has 13 nitrogen and oxygen atoms in total. The zero-order valence-corrected chi connectivity index (χ0v) is 32.7. The molecule has 0 bridgehead atoms. The Morgan fingerprint density at radius 3 is 2.19 bits per heavy atom. The molecule has 1 N–H and O–H groups in total. The molecule has 14 heteroatoms. The number of nitrogens with one attached hydrogen (secondary N) is 1. The first-order valence-corrected chi connectivity index (χ1v) is 20.3. The van der Waals surface area contributed by atoms with E-state index < -0.39 is 29.7 Å². The quantitative estimate of drug-likeness (QED) is 0.277. The number of anilines is 3. The van der Waals surface area contributed by atoms with Crippen molar-refractivity contribution in [2.45, 2.75) is 57.2 Å². The molecule has 5 amide bonds. The van der Waals surface area contributed by atoms with Crippen molar-refractivity contribution in [3.8, 4) is 0 Å². The molecule has 9 rings (SSSR count). The van der Waals surface area contributed by atoms with E-state index in [2.05, 4.69) is 48.8 Å². The number of hydrogen-bond acceptors (Lipinski definition) is 9. The van der Waals surface area contributed by atoms with Crippen LogP contribution in [0.1, 0.15) is 70.1 Å². The van der Waals surface area contributed by atoms with Gasteiger partial charge in [0.1, 0.15) is 6.04 Å². The van der Waals surface area contributed by atoms with Crippen molar-refractivity contribution in [1.29, 1.82) is 0 Å². The summed E-state index contributed by atoms with van der Waals surface area (Å²) in [6.45, 7) is 17.2. The smallest absolute Gasteiger partial charge is 0.262 e. The third kappa shape index (κ3) is 6.68. The normalized spacial score (nSPS) is 23.8. The van der Waals surface area contributed by atoms with Crippen LogP contribution in [0.3, 0.4) is 0 Å². The maximum absolute atomic E-state index is 13.6. The maximum Gasteiger partial charge on any atom is 0.262 e. The van der Waals surface area contributed by atoms with Crippen molar-refractivity contribution in [2.75, 3.05) is 73.6 Å². The number of rotatable bonds is 6. The van der Waals surface area contributed by atoms with Gasteiger partial charge >= 0.3 is 0 Å². The predicted octanol–water partition coefficient (Wildman–Crippen LogP) is 4.82. The Morgan fingerprint density at radius 1 is 0.825 bits per heavy atom. The number of hydrogen-bond donors (Lipinski definition) is 1. The van der Waals surface area contributed by atoms with E-state index in [9.17, 15) is 24.0 Å². The van der Waals surface area contributed by atoms with Crippen molar-refractivity contribution in [3.63, 3.8) is 0 Å². The van der Waals surface area contributed by atoms with Gasteiger partial charge < -0.3 is 19.6 Å². The van der Waals surface area contributed by atoms with Crippen LogP contribution in [-0.4, -0.2) is 121 Å². The third-order valence-electron chi connectivity index (χ3n) is 13.2. The number of benzene rings is 3. The summed E-state index contributed by atoms with van der Waals surface area (Å²) in [6, 6.07) is 18.8. The molecule has 0 saturated carbocycles. The molecule has 2 unspecified atom stereocenters. The van der Waals surface area contributed by atoms with Gasteiger partial charge in [0, 0.05) is 105 Å². The van der Waals surface area contributed by atoms with Gasteiger partial charge in [0.25, 0.3) is 17.7 Å². The average molecular weight is 789 g/mol. The fourth-order valence-corrected chi connectivity index (χ4v) is 10.1. The second-order valence-corrected chi connectivity index (χ2v) is 16.9. The number of nitrogens with zero attached hydrogens (tertiary/aromatic N) is 7. The lowest BCUT2D eigenvalue weighted by Gasteiger charge is -2.49. The molecule has 1 spiro atoms. The van der Waals surface area contributed by atoms with Gasteiger partial charge in [-0.2, -0.15) is 0 Å². The number of imide groups is 2. The van der Waals surface area contributed by atoms with E-state index in [1.165, 1.54) is 0 Å². The number of likely N-dealkylation sites (tertiary alicyclic amines) is 1. The molecule has 6 heterocycles. The van der Waals surface area contributed by atoms with Gasteiger partial charge in [0.2, 0.25) is 17.5 Å². The lowest BCUT2D eigenvalue weighted by Crippen LogP contribution is -2.63. The molecule has 2 atom stereocenters. The summed E-state index contributed by atoms with van der Waals surface area (Å²) in [7, 11) is 0. The van der Waals surface area contributed by atoms with Crippen LogP contribution in [0.4, 0.5) is 22.7 Å². The highest BCUT2D eigenvalue weighted by Crippen LogP contribution is 2.46. The number of carbonyl (C=O) groups is 5. The summed E-state index contributed by atoms with van der Waals surface area (Å²) in [4.78, 5) is 80.0. The molecule has 5 saturated heterocycles. The number of piperidine rings is 2. The molecule has 294 valence electrons. The van der Waals surface area contributed by atoms with Crippen LogP contribution in [0, 0.1) is 12.0 Å². The van der Waals surface area contributed by atoms with Crippen LogP contribution < -0.4 is 20.0 Å². The first-order valence-electron chi connectivity index (χ1n) is 19.9. The van der Waals surface area contributed by atoms with Crippen molar-refractivity contribution < 1.29 is 24.0 Å². The summed E-state index contributed by atoms with van der Waals surface area (Å²) in [5.41, 5.74) is 5.00. The van der Waals surface area contributed by atoms with Gasteiger partial charge in [0.05, 0.1) is 17.7 Å². The van der Waals surface area contributed by atoms with E-state index in [1.807, 2.05) is 35.2 Å². The fourth-order valence-electron chi connectivity index (χ4n) is 9.87. The third-order valence-corrected chi connectivity index (χ3v) is 13.5. The molecule has 0 aromatic heterocycles. The molecule has 3 aromatic rings. The summed E-state index contributed by atoms with van der Waals surface area (Å²) >= 11 is 6.37.